The van der Waals surface area contributed by atoms with Crippen LogP contribution in [0, 0.1) is 24.1 Å². The maximum Gasteiger partial charge on any atom is 0.184 e. The molecule has 0 saturated heterocycles. The third-order valence-electron chi connectivity index (χ3n) is 3.24. The summed E-state index contributed by atoms with van der Waals surface area (Å²) in [6.07, 6.45) is 0. The van der Waals surface area contributed by atoms with Crippen LogP contribution in [-0.2, 0) is 0 Å². The molecule has 3 nitrogen and oxygen atoms in total. The first kappa shape index (κ1) is 14.7. The Bertz CT molecular complexity index is 702. The van der Waals surface area contributed by atoms with Crippen LogP contribution in [0.4, 0.5) is 4.39 Å². The number of hydrogen-bond donors (Lipinski definition) is 0. The van der Waals surface area contributed by atoms with Crippen molar-refractivity contribution in [2.45, 2.75) is 12.8 Å². The van der Waals surface area contributed by atoms with E-state index in [2.05, 4.69) is 0 Å². The zero-order valence-corrected chi connectivity index (χ0v) is 11.8. The minimum atomic E-state index is -0.916. The summed E-state index contributed by atoms with van der Waals surface area (Å²) in [7, 11) is 1.33. The second-order valence-corrected chi connectivity index (χ2v) is 4.69. The molecule has 0 heterocycles. The number of nitrogens with zero attached hydrogens (tertiary/aromatic N) is 1. The number of nitriles is 1. The van der Waals surface area contributed by atoms with Gasteiger partial charge >= 0.3 is 0 Å². The van der Waals surface area contributed by atoms with E-state index in [1.807, 2.05) is 25.1 Å². The van der Waals surface area contributed by atoms with E-state index in [1.54, 1.807) is 12.1 Å². The summed E-state index contributed by atoms with van der Waals surface area (Å²) in [4.78, 5) is 12.4. The number of halogens is 1. The van der Waals surface area contributed by atoms with E-state index < -0.39 is 11.7 Å². The lowest BCUT2D eigenvalue weighted by Crippen LogP contribution is -2.11. The minimum absolute atomic E-state index is 0.0126. The number of benzene rings is 2. The van der Waals surface area contributed by atoms with Gasteiger partial charge in [0.15, 0.2) is 17.3 Å². The van der Waals surface area contributed by atoms with Gasteiger partial charge < -0.3 is 4.74 Å². The summed E-state index contributed by atoms with van der Waals surface area (Å²) >= 11 is 0. The van der Waals surface area contributed by atoms with Crippen LogP contribution in [0.2, 0.25) is 0 Å². The molecule has 0 fully saturated rings. The van der Waals surface area contributed by atoms with Crippen LogP contribution < -0.4 is 4.74 Å². The molecule has 2 aromatic rings. The van der Waals surface area contributed by atoms with E-state index in [0.29, 0.717) is 5.56 Å². The molecule has 1 atom stereocenters. The number of ketones is 1. The number of aryl methyl sites for hydroxylation is 1. The lowest BCUT2D eigenvalue weighted by Gasteiger charge is -2.10. The first-order valence-corrected chi connectivity index (χ1v) is 6.40. The van der Waals surface area contributed by atoms with Crippen molar-refractivity contribution in [1.82, 2.24) is 0 Å². The van der Waals surface area contributed by atoms with Gasteiger partial charge in [-0.3, -0.25) is 4.79 Å². The second-order valence-electron chi connectivity index (χ2n) is 4.69. The van der Waals surface area contributed by atoms with Gasteiger partial charge in [0.25, 0.3) is 0 Å². The third-order valence-corrected chi connectivity index (χ3v) is 3.24. The highest BCUT2D eigenvalue weighted by Crippen LogP contribution is 2.24. The standard InChI is InChI=1S/C17H14FNO2/c1-11-3-5-12(6-4-11)14(10-19)17(20)13-7-8-15(18)16(9-13)21-2/h3-9,14H,1-2H3. The molecule has 1 unspecified atom stereocenters. The maximum atomic E-state index is 13.4. The number of carbonyl (C=O) groups excluding carboxylic acids is 1. The largest absolute Gasteiger partial charge is 0.494 e. The number of ether oxygens (including phenoxy) is 1. The Labute approximate surface area is 122 Å². The normalized spacial score (nSPS) is 11.5. The molecular formula is C17H14FNO2. The zero-order valence-electron chi connectivity index (χ0n) is 11.8. The molecular weight excluding hydrogens is 269 g/mol. The van der Waals surface area contributed by atoms with Gasteiger partial charge in [-0.2, -0.15) is 5.26 Å². The van der Waals surface area contributed by atoms with Gasteiger partial charge in [0, 0.05) is 5.56 Å². The molecule has 4 heteroatoms. The van der Waals surface area contributed by atoms with E-state index in [9.17, 15) is 14.4 Å². The Morgan fingerprint density at radius 2 is 1.90 bits per heavy atom. The molecule has 106 valence electrons. The summed E-state index contributed by atoms with van der Waals surface area (Å²) in [5, 5.41) is 9.29. The Morgan fingerprint density at radius 1 is 1.24 bits per heavy atom. The molecule has 0 radical (unpaired) electrons. The Hall–Kier alpha value is -2.67. The lowest BCUT2D eigenvalue weighted by molar-refractivity contribution is 0.0978. The van der Waals surface area contributed by atoms with Crippen molar-refractivity contribution in [2.75, 3.05) is 7.11 Å². The number of methoxy groups -OCH3 is 1. The number of hydrogen-bond acceptors (Lipinski definition) is 3. The minimum Gasteiger partial charge on any atom is -0.494 e. The van der Waals surface area contributed by atoms with Gasteiger partial charge in [0.2, 0.25) is 0 Å². The highest BCUT2D eigenvalue weighted by atomic mass is 19.1. The molecule has 21 heavy (non-hydrogen) atoms. The molecule has 0 spiro atoms. The quantitative estimate of drug-likeness (QED) is 0.805. The van der Waals surface area contributed by atoms with Crippen molar-refractivity contribution in [3.8, 4) is 11.8 Å². The maximum absolute atomic E-state index is 13.4. The molecule has 2 aromatic carbocycles. The van der Waals surface area contributed by atoms with Crippen LogP contribution in [0.1, 0.15) is 27.4 Å². The second kappa shape index (κ2) is 6.19. The van der Waals surface area contributed by atoms with Crippen molar-refractivity contribution in [3.05, 3.63) is 65.0 Å². The van der Waals surface area contributed by atoms with Crippen molar-refractivity contribution in [1.29, 1.82) is 5.26 Å². The molecule has 0 bridgehead atoms. The summed E-state index contributed by atoms with van der Waals surface area (Å²) in [5.74, 6) is -1.85. The predicted molar refractivity (Wildman–Crippen MR) is 76.8 cm³/mol. The molecule has 0 amide bonds. The summed E-state index contributed by atoms with van der Waals surface area (Å²) in [5.41, 5.74) is 1.92. The number of Topliss-reactive ketones (excluding diaryl/α,β-unsaturated/α-hetero) is 1. The third kappa shape index (κ3) is 3.09. The van der Waals surface area contributed by atoms with E-state index in [0.717, 1.165) is 11.6 Å². The van der Waals surface area contributed by atoms with Crippen molar-refractivity contribution in [2.24, 2.45) is 0 Å². The zero-order chi connectivity index (χ0) is 15.4. The van der Waals surface area contributed by atoms with E-state index in [-0.39, 0.29) is 17.1 Å². The molecule has 0 aliphatic rings. The van der Waals surface area contributed by atoms with Crippen LogP contribution in [0.15, 0.2) is 42.5 Å². The molecule has 0 N–H and O–H groups in total. The van der Waals surface area contributed by atoms with Crippen molar-refractivity contribution >= 4 is 5.78 Å². The fraction of sp³-hybridized carbons (Fsp3) is 0.176. The lowest BCUT2D eigenvalue weighted by atomic mass is 9.91. The fourth-order valence-electron chi connectivity index (χ4n) is 2.02. The first-order chi connectivity index (χ1) is 10.1. The van der Waals surface area contributed by atoms with Gasteiger partial charge in [0.05, 0.1) is 13.2 Å². The molecule has 0 saturated carbocycles. The van der Waals surface area contributed by atoms with E-state index in [1.165, 1.54) is 19.2 Å². The highest BCUT2D eigenvalue weighted by molar-refractivity contribution is 6.03. The molecule has 2 rings (SSSR count). The topological polar surface area (TPSA) is 50.1 Å². The van der Waals surface area contributed by atoms with Crippen LogP contribution in [-0.4, -0.2) is 12.9 Å². The SMILES string of the molecule is COc1cc(C(=O)C(C#N)c2ccc(C)cc2)ccc1F. The Morgan fingerprint density at radius 3 is 2.48 bits per heavy atom. The molecule has 0 aliphatic heterocycles. The monoisotopic (exact) mass is 283 g/mol. The summed E-state index contributed by atoms with van der Waals surface area (Å²) in [6, 6.07) is 13.0. The van der Waals surface area contributed by atoms with Gasteiger partial charge in [-0.25, -0.2) is 4.39 Å². The molecule has 0 aromatic heterocycles. The summed E-state index contributed by atoms with van der Waals surface area (Å²) in [6.45, 7) is 1.93. The average Bonchev–Trinajstić information content (AvgIpc) is 2.50. The Kier molecular flexibility index (Phi) is 4.34. The smallest absolute Gasteiger partial charge is 0.184 e. The van der Waals surface area contributed by atoms with Gasteiger partial charge in [-0.15, -0.1) is 0 Å². The number of carbonyl (C=O) groups is 1. The van der Waals surface area contributed by atoms with Crippen molar-refractivity contribution < 1.29 is 13.9 Å². The number of rotatable bonds is 4. The summed E-state index contributed by atoms with van der Waals surface area (Å²) < 4.78 is 18.2. The molecule has 0 aliphatic carbocycles. The fourth-order valence-corrected chi connectivity index (χ4v) is 2.02. The highest BCUT2D eigenvalue weighted by Gasteiger charge is 2.22. The first-order valence-electron chi connectivity index (χ1n) is 6.40. The van der Waals surface area contributed by atoms with Gasteiger partial charge in [0.1, 0.15) is 5.92 Å². The van der Waals surface area contributed by atoms with Crippen LogP contribution in [0.25, 0.3) is 0 Å². The predicted octanol–water partition coefficient (Wildman–Crippen LogP) is 3.63. The van der Waals surface area contributed by atoms with E-state index in [4.69, 9.17) is 4.74 Å². The van der Waals surface area contributed by atoms with Crippen LogP contribution >= 0.6 is 0 Å². The van der Waals surface area contributed by atoms with Crippen molar-refractivity contribution in [3.63, 3.8) is 0 Å². The van der Waals surface area contributed by atoms with Crippen LogP contribution in [0.5, 0.6) is 5.75 Å². The van der Waals surface area contributed by atoms with E-state index >= 15 is 0 Å². The van der Waals surface area contributed by atoms with Gasteiger partial charge in [-0.05, 0) is 30.7 Å². The Balaban J connectivity index is 2.37. The van der Waals surface area contributed by atoms with Crippen LogP contribution in [0.3, 0.4) is 0 Å². The van der Waals surface area contributed by atoms with Gasteiger partial charge in [-0.1, -0.05) is 29.8 Å². The average molecular weight is 283 g/mol.